The summed E-state index contributed by atoms with van der Waals surface area (Å²) in [6.07, 6.45) is 0. The Hall–Kier alpha value is -1.62. The number of aliphatic hydroxyl groups excluding tert-OH is 1. The lowest BCUT2D eigenvalue weighted by Crippen LogP contribution is -2.25. The van der Waals surface area contributed by atoms with Crippen molar-refractivity contribution in [2.75, 3.05) is 13.2 Å². The Labute approximate surface area is 93.3 Å². The van der Waals surface area contributed by atoms with Gasteiger partial charge in [-0.15, -0.1) is 0 Å². The summed E-state index contributed by atoms with van der Waals surface area (Å²) >= 11 is 0. The molecule has 5 heteroatoms. The van der Waals surface area contributed by atoms with Crippen LogP contribution in [0.1, 0.15) is 23.0 Å². The zero-order chi connectivity index (χ0) is 12.1. The number of hydrogen-bond donors (Lipinski definition) is 1. The minimum atomic E-state index is -0.452. The third kappa shape index (κ3) is 2.49. The molecule has 0 unspecified atom stereocenters. The van der Waals surface area contributed by atoms with Crippen LogP contribution in [0.25, 0.3) is 0 Å². The third-order valence-electron chi connectivity index (χ3n) is 2.27. The Kier molecular flexibility index (Phi) is 4.25. The van der Waals surface area contributed by atoms with Gasteiger partial charge in [0, 0.05) is 18.3 Å². The maximum absolute atomic E-state index is 11.5. The van der Waals surface area contributed by atoms with Crippen LogP contribution in [0.2, 0.25) is 0 Å². The van der Waals surface area contributed by atoms with Crippen molar-refractivity contribution in [1.82, 2.24) is 4.57 Å². The van der Waals surface area contributed by atoms with Crippen LogP contribution >= 0.6 is 0 Å². The Morgan fingerprint density at radius 2 is 2.19 bits per heavy atom. The van der Waals surface area contributed by atoms with Crippen LogP contribution in [0.5, 0.6) is 0 Å². The zero-order valence-corrected chi connectivity index (χ0v) is 9.40. The quantitative estimate of drug-likeness (QED) is 0.749. The van der Waals surface area contributed by atoms with Crippen LogP contribution in [0.4, 0.5) is 0 Å². The molecule has 0 aliphatic carbocycles. The fourth-order valence-electron chi connectivity index (χ4n) is 1.48. The summed E-state index contributed by atoms with van der Waals surface area (Å²) in [7, 11) is 0. The fraction of sp³-hybridized carbons (Fsp3) is 0.455. The molecule has 0 aliphatic rings. The first kappa shape index (κ1) is 12.4. The second-order valence-corrected chi connectivity index (χ2v) is 3.27. The van der Waals surface area contributed by atoms with Crippen molar-refractivity contribution in [3.05, 3.63) is 33.7 Å². The molecule has 1 aromatic rings. The molecule has 1 rings (SSSR count). The van der Waals surface area contributed by atoms with Gasteiger partial charge in [0.05, 0.1) is 18.8 Å². The van der Waals surface area contributed by atoms with Crippen LogP contribution in [-0.4, -0.2) is 28.9 Å². The van der Waals surface area contributed by atoms with E-state index >= 15 is 0 Å². The van der Waals surface area contributed by atoms with Crippen molar-refractivity contribution in [1.29, 1.82) is 0 Å². The molecule has 1 heterocycles. The first-order valence-electron chi connectivity index (χ1n) is 5.10. The van der Waals surface area contributed by atoms with Crippen LogP contribution in [0, 0.1) is 6.92 Å². The van der Waals surface area contributed by atoms with Gasteiger partial charge in [0.2, 0.25) is 0 Å². The summed E-state index contributed by atoms with van der Waals surface area (Å²) in [5, 5.41) is 8.83. The minimum absolute atomic E-state index is 0.146. The van der Waals surface area contributed by atoms with Crippen molar-refractivity contribution < 1.29 is 14.6 Å². The van der Waals surface area contributed by atoms with Crippen LogP contribution in [0.15, 0.2) is 16.9 Å². The highest BCUT2D eigenvalue weighted by atomic mass is 16.5. The molecule has 0 saturated heterocycles. The van der Waals surface area contributed by atoms with Crippen LogP contribution in [-0.2, 0) is 11.3 Å². The van der Waals surface area contributed by atoms with Gasteiger partial charge in [0.15, 0.2) is 0 Å². The Morgan fingerprint density at radius 3 is 2.75 bits per heavy atom. The SMILES string of the molecule is CCOC(=O)c1ccc(=O)n(CCO)c1C. The van der Waals surface area contributed by atoms with Gasteiger partial charge >= 0.3 is 5.97 Å². The smallest absolute Gasteiger partial charge is 0.339 e. The lowest BCUT2D eigenvalue weighted by atomic mass is 10.2. The molecule has 0 atom stereocenters. The van der Waals surface area contributed by atoms with Crippen molar-refractivity contribution >= 4 is 5.97 Å². The highest BCUT2D eigenvalue weighted by Gasteiger charge is 2.13. The first-order chi connectivity index (χ1) is 7.61. The number of esters is 1. The molecule has 0 fully saturated rings. The summed E-state index contributed by atoms with van der Waals surface area (Å²) in [6, 6.07) is 2.75. The summed E-state index contributed by atoms with van der Waals surface area (Å²) in [6.45, 7) is 3.70. The summed E-state index contributed by atoms with van der Waals surface area (Å²) in [5.41, 5.74) is 0.634. The van der Waals surface area contributed by atoms with E-state index in [1.165, 1.54) is 16.7 Å². The van der Waals surface area contributed by atoms with E-state index in [0.29, 0.717) is 11.3 Å². The average molecular weight is 225 g/mol. The maximum atomic E-state index is 11.5. The van der Waals surface area contributed by atoms with Crippen LogP contribution < -0.4 is 5.56 Å². The highest BCUT2D eigenvalue weighted by Crippen LogP contribution is 2.06. The molecule has 0 aromatic carbocycles. The largest absolute Gasteiger partial charge is 0.462 e. The lowest BCUT2D eigenvalue weighted by molar-refractivity contribution is 0.0524. The number of nitrogens with zero attached hydrogens (tertiary/aromatic N) is 1. The van der Waals surface area contributed by atoms with E-state index in [4.69, 9.17) is 9.84 Å². The van der Waals surface area contributed by atoms with E-state index in [9.17, 15) is 9.59 Å². The van der Waals surface area contributed by atoms with E-state index in [0.717, 1.165) is 0 Å². The molecule has 88 valence electrons. The molecule has 1 N–H and O–H groups in total. The lowest BCUT2D eigenvalue weighted by Gasteiger charge is -2.11. The van der Waals surface area contributed by atoms with Gasteiger partial charge in [-0.25, -0.2) is 4.79 Å². The van der Waals surface area contributed by atoms with Crippen LogP contribution in [0.3, 0.4) is 0 Å². The molecule has 16 heavy (non-hydrogen) atoms. The number of aromatic nitrogens is 1. The molecular weight excluding hydrogens is 210 g/mol. The van der Waals surface area contributed by atoms with Gasteiger partial charge < -0.3 is 14.4 Å². The standard InChI is InChI=1S/C11H15NO4/c1-3-16-11(15)9-4-5-10(14)12(6-7-13)8(9)2/h4-5,13H,3,6-7H2,1-2H3. The first-order valence-corrected chi connectivity index (χ1v) is 5.10. The summed E-state index contributed by atoms with van der Waals surface area (Å²) in [4.78, 5) is 23.0. The van der Waals surface area contributed by atoms with E-state index in [-0.39, 0.29) is 25.3 Å². The monoisotopic (exact) mass is 225 g/mol. The third-order valence-corrected chi connectivity index (χ3v) is 2.27. The molecule has 0 bridgehead atoms. The van der Waals surface area contributed by atoms with Crippen molar-refractivity contribution in [2.45, 2.75) is 20.4 Å². The Balaban J connectivity index is 3.18. The topological polar surface area (TPSA) is 68.5 Å². The Morgan fingerprint density at radius 1 is 1.50 bits per heavy atom. The van der Waals surface area contributed by atoms with E-state index in [1.807, 2.05) is 0 Å². The van der Waals surface area contributed by atoms with E-state index in [2.05, 4.69) is 0 Å². The van der Waals surface area contributed by atoms with Gasteiger partial charge in [-0.3, -0.25) is 4.79 Å². The average Bonchev–Trinajstić information content (AvgIpc) is 2.24. The number of ether oxygens (including phenoxy) is 1. The summed E-state index contributed by atoms with van der Waals surface area (Å²) in [5.74, 6) is -0.452. The molecule has 0 spiro atoms. The molecule has 0 amide bonds. The number of rotatable bonds is 4. The van der Waals surface area contributed by atoms with Gasteiger partial charge in [-0.1, -0.05) is 0 Å². The van der Waals surface area contributed by atoms with Crippen molar-refractivity contribution in [2.24, 2.45) is 0 Å². The van der Waals surface area contributed by atoms with Crippen molar-refractivity contribution in [3.63, 3.8) is 0 Å². The molecule has 1 aromatic heterocycles. The number of carbonyl (C=O) groups excluding carboxylic acids is 1. The van der Waals surface area contributed by atoms with Gasteiger partial charge in [-0.05, 0) is 19.9 Å². The fourth-order valence-corrected chi connectivity index (χ4v) is 1.48. The Bertz CT molecular complexity index is 436. The molecule has 0 saturated carbocycles. The van der Waals surface area contributed by atoms with Gasteiger partial charge in [-0.2, -0.15) is 0 Å². The van der Waals surface area contributed by atoms with Crippen molar-refractivity contribution in [3.8, 4) is 0 Å². The minimum Gasteiger partial charge on any atom is -0.462 e. The predicted molar refractivity (Wildman–Crippen MR) is 58.5 cm³/mol. The van der Waals surface area contributed by atoms with E-state index < -0.39 is 5.97 Å². The normalized spacial score (nSPS) is 10.2. The van der Waals surface area contributed by atoms with Gasteiger partial charge in [0.25, 0.3) is 5.56 Å². The molecular formula is C11H15NO4. The van der Waals surface area contributed by atoms with Gasteiger partial charge in [0.1, 0.15) is 0 Å². The number of aliphatic hydroxyl groups is 1. The predicted octanol–water partition coefficient (Wildman–Crippen LogP) is 0.326. The number of carbonyl (C=O) groups is 1. The second-order valence-electron chi connectivity index (χ2n) is 3.27. The molecule has 0 aliphatic heterocycles. The zero-order valence-electron chi connectivity index (χ0n) is 9.40. The number of hydrogen-bond acceptors (Lipinski definition) is 4. The van der Waals surface area contributed by atoms with E-state index in [1.54, 1.807) is 13.8 Å². The maximum Gasteiger partial charge on any atom is 0.339 e. The number of pyridine rings is 1. The summed E-state index contributed by atoms with van der Waals surface area (Å²) < 4.78 is 6.22. The highest BCUT2D eigenvalue weighted by molar-refractivity contribution is 5.90. The molecule has 0 radical (unpaired) electrons. The second kappa shape index (κ2) is 5.46. The molecule has 5 nitrogen and oxygen atoms in total.